The molecule has 36 heavy (non-hydrogen) atoms. The van der Waals surface area contributed by atoms with Gasteiger partial charge in [0.25, 0.3) is 0 Å². The highest BCUT2D eigenvalue weighted by Gasteiger charge is 2.31. The Kier molecular flexibility index (Phi) is 9.39. The number of aromatic amines is 1. The van der Waals surface area contributed by atoms with Crippen molar-refractivity contribution in [2.45, 2.75) is 90.8 Å². The van der Waals surface area contributed by atoms with Gasteiger partial charge in [-0.15, -0.1) is 0 Å². The number of carbonyl (C=O) groups excluding carboxylic acids is 3. The number of piperidine rings is 1. The number of halogens is 2. The van der Waals surface area contributed by atoms with Crippen LogP contribution >= 0.6 is 0 Å². The Morgan fingerprint density at radius 1 is 1.14 bits per heavy atom. The molecule has 3 amide bonds. The number of amides is 3. The van der Waals surface area contributed by atoms with E-state index in [4.69, 9.17) is 0 Å². The Hall–Kier alpha value is -3.04. The van der Waals surface area contributed by atoms with E-state index in [-0.39, 0.29) is 36.2 Å². The molecule has 0 radical (unpaired) electrons. The molecule has 1 unspecified atom stereocenters. The summed E-state index contributed by atoms with van der Waals surface area (Å²) < 4.78 is 27.1. The Balaban J connectivity index is 1.73. The fourth-order valence-electron chi connectivity index (χ4n) is 4.55. The molecule has 1 aromatic carbocycles. The molecule has 1 aliphatic rings. The highest BCUT2D eigenvalue weighted by Crippen LogP contribution is 2.22. The summed E-state index contributed by atoms with van der Waals surface area (Å²) in [5.41, 5.74) is 0.531. The summed E-state index contributed by atoms with van der Waals surface area (Å²) in [5, 5.41) is 5.53. The van der Waals surface area contributed by atoms with E-state index in [2.05, 4.69) is 20.6 Å². The van der Waals surface area contributed by atoms with Gasteiger partial charge in [0, 0.05) is 31.1 Å². The van der Waals surface area contributed by atoms with E-state index in [1.807, 2.05) is 25.7 Å². The van der Waals surface area contributed by atoms with Crippen LogP contribution in [0.5, 0.6) is 0 Å². The third kappa shape index (κ3) is 7.01. The van der Waals surface area contributed by atoms with Gasteiger partial charge in [0.1, 0.15) is 11.9 Å². The van der Waals surface area contributed by atoms with Crippen molar-refractivity contribution in [1.82, 2.24) is 25.5 Å². The quantitative estimate of drug-likeness (QED) is 0.452. The van der Waals surface area contributed by atoms with Crippen LogP contribution in [-0.2, 0) is 14.4 Å². The molecule has 0 spiro atoms. The molecule has 3 atom stereocenters. The SMILES string of the molecule is CC[C@H]1CCCCN1C(=O)CC(NC(=O)CCC(C)C)C(=O)N[C@@H](C)c1nc2cc(F)c(F)cc2[nH]1. The first-order valence-electron chi connectivity index (χ1n) is 12.8. The molecule has 0 aliphatic carbocycles. The second kappa shape index (κ2) is 12.3. The van der Waals surface area contributed by atoms with Crippen LogP contribution in [0.25, 0.3) is 11.0 Å². The van der Waals surface area contributed by atoms with Crippen molar-refractivity contribution in [3.63, 3.8) is 0 Å². The third-order valence-electron chi connectivity index (χ3n) is 6.71. The fraction of sp³-hybridized carbons (Fsp3) is 0.615. The second-order valence-corrected chi connectivity index (χ2v) is 10.0. The Morgan fingerprint density at radius 2 is 1.86 bits per heavy atom. The molecule has 1 aromatic heterocycles. The first kappa shape index (κ1) is 27.5. The molecular formula is C26H37F2N5O3. The standard InChI is InChI=1S/C26H37F2N5O3/c1-5-17-8-6-7-11-33(17)24(35)14-22(30-23(34)10-9-15(2)3)26(36)29-16(4)25-31-20-12-18(27)19(28)13-21(20)32-25/h12-13,15-17,22H,5-11,14H2,1-4H3,(H,29,36)(H,30,34)(H,31,32)/t16-,17-,22?/m0/s1. The maximum atomic E-state index is 13.6. The molecule has 3 N–H and O–H groups in total. The number of aromatic nitrogens is 2. The minimum absolute atomic E-state index is 0.140. The molecule has 0 bridgehead atoms. The van der Waals surface area contributed by atoms with Crippen LogP contribution in [0.1, 0.15) is 84.5 Å². The van der Waals surface area contributed by atoms with Crippen LogP contribution < -0.4 is 10.6 Å². The zero-order valence-corrected chi connectivity index (χ0v) is 21.5. The number of rotatable bonds is 10. The van der Waals surface area contributed by atoms with Crippen molar-refractivity contribution in [1.29, 1.82) is 0 Å². The fourth-order valence-corrected chi connectivity index (χ4v) is 4.55. The zero-order chi connectivity index (χ0) is 26.4. The molecule has 1 aliphatic heterocycles. The van der Waals surface area contributed by atoms with Crippen LogP contribution in [0.4, 0.5) is 8.78 Å². The van der Waals surface area contributed by atoms with Crippen molar-refractivity contribution < 1.29 is 23.2 Å². The molecule has 0 saturated carbocycles. The number of nitrogens with one attached hydrogen (secondary N) is 3. The predicted octanol–water partition coefficient (Wildman–Crippen LogP) is 4.12. The molecule has 10 heteroatoms. The van der Waals surface area contributed by atoms with Crippen LogP contribution in [0.15, 0.2) is 12.1 Å². The summed E-state index contributed by atoms with van der Waals surface area (Å²) >= 11 is 0. The van der Waals surface area contributed by atoms with E-state index in [0.717, 1.165) is 37.8 Å². The van der Waals surface area contributed by atoms with E-state index < -0.39 is 29.6 Å². The van der Waals surface area contributed by atoms with Gasteiger partial charge >= 0.3 is 0 Å². The number of nitrogens with zero attached hydrogens (tertiary/aromatic N) is 2. The van der Waals surface area contributed by atoms with Crippen molar-refractivity contribution in [3.8, 4) is 0 Å². The molecule has 198 valence electrons. The van der Waals surface area contributed by atoms with Crippen LogP contribution in [0, 0.1) is 17.6 Å². The number of carbonyl (C=O) groups is 3. The zero-order valence-electron chi connectivity index (χ0n) is 21.5. The summed E-state index contributed by atoms with van der Waals surface area (Å²) in [6.45, 7) is 8.37. The van der Waals surface area contributed by atoms with E-state index in [9.17, 15) is 23.2 Å². The molecular weight excluding hydrogens is 468 g/mol. The lowest BCUT2D eigenvalue weighted by Gasteiger charge is -2.36. The summed E-state index contributed by atoms with van der Waals surface area (Å²) in [6, 6.07) is 0.438. The first-order valence-corrected chi connectivity index (χ1v) is 12.8. The summed E-state index contributed by atoms with van der Waals surface area (Å²) in [6.07, 6.45) is 4.55. The van der Waals surface area contributed by atoms with Gasteiger partial charge < -0.3 is 20.5 Å². The average molecular weight is 506 g/mol. The van der Waals surface area contributed by atoms with Gasteiger partial charge in [-0.1, -0.05) is 20.8 Å². The summed E-state index contributed by atoms with van der Waals surface area (Å²) in [7, 11) is 0. The van der Waals surface area contributed by atoms with Crippen LogP contribution in [-0.4, -0.2) is 51.2 Å². The molecule has 2 aromatic rings. The Labute approximate surface area is 210 Å². The smallest absolute Gasteiger partial charge is 0.243 e. The molecule has 3 rings (SSSR count). The van der Waals surface area contributed by atoms with E-state index >= 15 is 0 Å². The van der Waals surface area contributed by atoms with Gasteiger partial charge in [-0.25, -0.2) is 13.8 Å². The third-order valence-corrected chi connectivity index (χ3v) is 6.71. The van der Waals surface area contributed by atoms with E-state index in [1.54, 1.807) is 6.92 Å². The second-order valence-electron chi connectivity index (χ2n) is 10.0. The number of fused-ring (bicyclic) bond motifs is 1. The highest BCUT2D eigenvalue weighted by molar-refractivity contribution is 5.92. The minimum Gasteiger partial charge on any atom is -0.345 e. The van der Waals surface area contributed by atoms with Crippen LogP contribution in [0.3, 0.4) is 0 Å². The van der Waals surface area contributed by atoms with E-state index in [1.165, 1.54) is 0 Å². The predicted molar refractivity (Wildman–Crippen MR) is 133 cm³/mol. The largest absolute Gasteiger partial charge is 0.345 e. The van der Waals surface area contributed by atoms with Crippen molar-refractivity contribution in [2.24, 2.45) is 5.92 Å². The first-order chi connectivity index (χ1) is 17.1. The number of hydrogen-bond acceptors (Lipinski definition) is 4. The molecule has 2 heterocycles. The number of benzene rings is 1. The lowest BCUT2D eigenvalue weighted by Crippen LogP contribution is -2.52. The topological polar surface area (TPSA) is 107 Å². The highest BCUT2D eigenvalue weighted by atomic mass is 19.2. The maximum absolute atomic E-state index is 13.6. The molecule has 1 fully saturated rings. The van der Waals surface area contributed by atoms with E-state index in [0.29, 0.717) is 30.2 Å². The van der Waals surface area contributed by atoms with Gasteiger partial charge in [0.2, 0.25) is 17.7 Å². The van der Waals surface area contributed by atoms with Gasteiger partial charge in [0.15, 0.2) is 11.6 Å². The number of H-pyrrole nitrogens is 1. The normalized spacial score (nSPS) is 17.8. The van der Waals surface area contributed by atoms with Crippen molar-refractivity contribution in [2.75, 3.05) is 6.54 Å². The average Bonchev–Trinajstić information content (AvgIpc) is 3.25. The number of hydrogen-bond donors (Lipinski definition) is 3. The van der Waals surface area contributed by atoms with Gasteiger partial charge in [-0.2, -0.15) is 0 Å². The molecule has 1 saturated heterocycles. The Morgan fingerprint density at radius 3 is 2.56 bits per heavy atom. The minimum atomic E-state index is -1.04. The molecule has 8 nitrogen and oxygen atoms in total. The van der Waals surface area contributed by atoms with Crippen LogP contribution in [0.2, 0.25) is 0 Å². The van der Waals surface area contributed by atoms with Gasteiger partial charge in [-0.05, 0) is 44.9 Å². The van der Waals surface area contributed by atoms with Crippen molar-refractivity contribution >= 4 is 28.8 Å². The summed E-state index contributed by atoms with van der Waals surface area (Å²) in [4.78, 5) is 48.0. The lowest BCUT2D eigenvalue weighted by molar-refractivity contribution is -0.139. The summed E-state index contributed by atoms with van der Waals surface area (Å²) in [5.74, 6) is -2.34. The number of imidazole rings is 1. The maximum Gasteiger partial charge on any atom is 0.243 e. The van der Waals surface area contributed by atoms with Crippen molar-refractivity contribution in [3.05, 3.63) is 29.6 Å². The monoisotopic (exact) mass is 505 g/mol. The number of likely N-dealkylation sites (tertiary alicyclic amines) is 1. The Bertz CT molecular complexity index is 1050. The lowest BCUT2D eigenvalue weighted by atomic mass is 9.98. The van der Waals surface area contributed by atoms with Gasteiger partial charge in [-0.3, -0.25) is 14.4 Å². The van der Waals surface area contributed by atoms with Gasteiger partial charge in [0.05, 0.1) is 23.5 Å².